The number of piperazine rings is 1. The number of carbonyl (C=O) groups excluding carboxylic acids is 3. The number of nitrogens with one attached hydrogen (secondary N) is 1. The summed E-state index contributed by atoms with van der Waals surface area (Å²) in [6.07, 6.45) is 1.23. The zero-order valence-corrected chi connectivity index (χ0v) is 27.6. The summed E-state index contributed by atoms with van der Waals surface area (Å²) in [5.74, 6) is -0.136. The molecule has 0 aliphatic carbocycles. The van der Waals surface area contributed by atoms with Gasteiger partial charge in [0.2, 0.25) is 27.7 Å². The number of aryl methyl sites for hydroxylation is 1. The average Bonchev–Trinajstić information content (AvgIpc) is 3.49. The topological polar surface area (TPSA) is 120 Å². The van der Waals surface area contributed by atoms with E-state index < -0.39 is 10.0 Å². The second-order valence-corrected chi connectivity index (χ2v) is 14.4. The highest BCUT2D eigenvalue weighted by atomic mass is 32.2. The zero-order chi connectivity index (χ0) is 33.1. The lowest BCUT2D eigenvalue weighted by atomic mass is 9.94. The Morgan fingerprint density at radius 3 is 2.15 bits per heavy atom. The Labute approximate surface area is 276 Å². The molecule has 0 bridgehead atoms. The average molecular weight is 660 g/mol. The van der Waals surface area contributed by atoms with Crippen LogP contribution in [0.5, 0.6) is 5.75 Å². The Bertz CT molecular complexity index is 1710. The van der Waals surface area contributed by atoms with Gasteiger partial charge in [0.25, 0.3) is 0 Å². The Kier molecular flexibility index (Phi) is 9.51. The third kappa shape index (κ3) is 6.98. The van der Waals surface area contributed by atoms with E-state index in [1.807, 2.05) is 55.5 Å². The maximum absolute atomic E-state index is 13.4. The minimum absolute atomic E-state index is 0.0372. The van der Waals surface area contributed by atoms with Gasteiger partial charge in [-0.3, -0.25) is 14.4 Å². The van der Waals surface area contributed by atoms with Gasteiger partial charge in [0, 0.05) is 69.5 Å². The van der Waals surface area contributed by atoms with E-state index in [2.05, 4.69) is 10.2 Å². The van der Waals surface area contributed by atoms with Crippen LogP contribution in [0.2, 0.25) is 0 Å². The molecule has 0 aromatic heterocycles. The number of para-hydroxylation sites is 2. The highest BCUT2D eigenvalue weighted by Crippen LogP contribution is 2.31. The quantitative estimate of drug-likeness (QED) is 0.391. The van der Waals surface area contributed by atoms with E-state index in [0.29, 0.717) is 64.3 Å². The summed E-state index contributed by atoms with van der Waals surface area (Å²) < 4.78 is 33.7. The highest BCUT2D eigenvalue weighted by molar-refractivity contribution is 7.89. The predicted molar refractivity (Wildman–Crippen MR) is 180 cm³/mol. The van der Waals surface area contributed by atoms with E-state index in [4.69, 9.17) is 4.74 Å². The van der Waals surface area contributed by atoms with Crippen molar-refractivity contribution < 1.29 is 27.5 Å². The van der Waals surface area contributed by atoms with E-state index in [-0.39, 0.29) is 40.9 Å². The molecule has 47 heavy (non-hydrogen) atoms. The smallest absolute Gasteiger partial charge is 0.243 e. The number of nitrogens with zero attached hydrogens (tertiary/aromatic N) is 4. The number of rotatable bonds is 8. The first-order valence-corrected chi connectivity index (χ1v) is 17.5. The number of hydrogen-bond donors (Lipinski definition) is 1. The van der Waals surface area contributed by atoms with Gasteiger partial charge in [0.1, 0.15) is 5.75 Å². The lowest BCUT2D eigenvalue weighted by Crippen LogP contribution is -2.48. The molecule has 3 heterocycles. The van der Waals surface area contributed by atoms with Crippen LogP contribution in [0.15, 0.2) is 77.7 Å². The fourth-order valence-corrected chi connectivity index (χ4v) is 8.05. The first-order chi connectivity index (χ1) is 22.6. The first-order valence-electron chi connectivity index (χ1n) is 16.1. The molecule has 0 saturated carbocycles. The van der Waals surface area contributed by atoms with Crippen LogP contribution in [0.1, 0.15) is 24.8 Å². The van der Waals surface area contributed by atoms with Crippen molar-refractivity contribution in [3.05, 3.63) is 78.4 Å². The second-order valence-electron chi connectivity index (χ2n) is 12.4. The summed E-state index contributed by atoms with van der Waals surface area (Å²) in [7, 11) is -2.07. The molecule has 0 spiro atoms. The monoisotopic (exact) mass is 659 g/mol. The number of benzene rings is 3. The normalized spacial score (nSPS) is 19.6. The summed E-state index contributed by atoms with van der Waals surface area (Å²) >= 11 is 0. The molecule has 0 radical (unpaired) electrons. The number of sulfonamides is 1. The molecule has 1 N–H and O–H groups in total. The molecule has 3 aromatic rings. The van der Waals surface area contributed by atoms with Gasteiger partial charge in [-0.25, -0.2) is 8.42 Å². The molecular weight excluding hydrogens is 618 g/mol. The van der Waals surface area contributed by atoms with Gasteiger partial charge in [0.05, 0.1) is 23.6 Å². The fourth-order valence-electron chi connectivity index (χ4n) is 6.63. The maximum Gasteiger partial charge on any atom is 0.243 e. The van der Waals surface area contributed by atoms with Crippen molar-refractivity contribution in [1.29, 1.82) is 0 Å². The van der Waals surface area contributed by atoms with Crippen molar-refractivity contribution in [2.75, 3.05) is 68.0 Å². The van der Waals surface area contributed by atoms with Crippen LogP contribution >= 0.6 is 0 Å². The minimum atomic E-state index is -3.69. The van der Waals surface area contributed by atoms with Crippen molar-refractivity contribution in [1.82, 2.24) is 9.21 Å². The number of ether oxygens (including phenoxy) is 1. The van der Waals surface area contributed by atoms with Crippen LogP contribution in [-0.2, 0) is 24.4 Å². The zero-order valence-electron chi connectivity index (χ0n) is 26.8. The number of hydrogen-bond acceptors (Lipinski definition) is 7. The second kappa shape index (κ2) is 13.7. The number of amides is 3. The predicted octanol–water partition coefficient (Wildman–Crippen LogP) is 3.74. The van der Waals surface area contributed by atoms with E-state index in [0.717, 1.165) is 22.7 Å². The van der Waals surface area contributed by atoms with Gasteiger partial charge in [-0.1, -0.05) is 29.8 Å². The molecule has 3 aromatic carbocycles. The summed E-state index contributed by atoms with van der Waals surface area (Å²) in [6, 6.07) is 21.7. The van der Waals surface area contributed by atoms with Crippen molar-refractivity contribution in [2.45, 2.75) is 31.1 Å². The van der Waals surface area contributed by atoms with Gasteiger partial charge in [-0.2, -0.15) is 4.31 Å². The molecule has 1 atom stereocenters. The fraction of sp³-hybridized carbons (Fsp3) is 0.400. The number of anilines is 3. The summed E-state index contributed by atoms with van der Waals surface area (Å²) in [5, 5.41) is 2.92. The number of carbonyl (C=O) groups is 3. The van der Waals surface area contributed by atoms with Gasteiger partial charge in [-0.05, 0) is 68.3 Å². The third-order valence-corrected chi connectivity index (χ3v) is 11.3. The molecule has 11 nitrogen and oxygen atoms in total. The molecular formula is C35H41N5O6S. The van der Waals surface area contributed by atoms with Gasteiger partial charge >= 0.3 is 0 Å². The molecule has 3 amide bonds. The number of methoxy groups -OCH3 is 1. The van der Waals surface area contributed by atoms with Crippen molar-refractivity contribution in [3.8, 4) is 5.75 Å². The lowest BCUT2D eigenvalue weighted by Gasteiger charge is -2.36. The Morgan fingerprint density at radius 1 is 0.830 bits per heavy atom. The molecule has 6 rings (SSSR count). The third-order valence-electron chi connectivity index (χ3n) is 9.42. The van der Waals surface area contributed by atoms with Crippen molar-refractivity contribution in [2.24, 2.45) is 11.8 Å². The summed E-state index contributed by atoms with van der Waals surface area (Å²) in [6.45, 7) is 5.05. The van der Waals surface area contributed by atoms with E-state index in [1.165, 1.54) is 16.4 Å². The van der Waals surface area contributed by atoms with Crippen LogP contribution in [0.3, 0.4) is 0 Å². The Balaban J connectivity index is 0.979. The number of likely N-dealkylation sites (tertiary alicyclic amines) is 1. The number of piperidine rings is 1. The Hall–Kier alpha value is -4.42. The van der Waals surface area contributed by atoms with Gasteiger partial charge in [-0.15, -0.1) is 0 Å². The van der Waals surface area contributed by atoms with Gasteiger partial charge < -0.3 is 24.8 Å². The van der Waals surface area contributed by atoms with Crippen LogP contribution in [-0.4, -0.2) is 88.3 Å². The summed E-state index contributed by atoms with van der Waals surface area (Å²) in [4.78, 5) is 44.8. The Morgan fingerprint density at radius 2 is 1.49 bits per heavy atom. The lowest BCUT2D eigenvalue weighted by molar-refractivity contribution is -0.138. The first kappa shape index (κ1) is 32.5. The maximum atomic E-state index is 13.4. The van der Waals surface area contributed by atoms with E-state index >= 15 is 0 Å². The van der Waals surface area contributed by atoms with Crippen LogP contribution < -0.4 is 19.9 Å². The van der Waals surface area contributed by atoms with Crippen LogP contribution in [0.4, 0.5) is 17.1 Å². The SMILES string of the molecule is COc1ccccc1N1CCN(S(=O)(=O)c2ccc(NC(=O)C3CCN(C(=O)C4CC(=O)N(c5ccc(C)cc5)C4)CC3)cc2)CC1. The van der Waals surface area contributed by atoms with Crippen LogP contribution in [0.25, 0.3) is 0 Å². The van der Waals surface area contributed by atoms with Gasteiger partial charge in [0.15, 0.2) is 0 Å². The molecule has 3 aliphatic heterocycles. The van der Waals surface area contributed by atoms with E-state index in [1.54, 1.807) is 29.0 Å². The summed E-state index contributed by atoms with van der Waals surface area (Å²) in [5.41, 5.74) is 3.38. The molecule has 12 heteroatoms. The molecule has 3 fully saturated rings. The molecule has 248 valence electrons. The minimum Gasteiger partial charge on any atom is -0.495 e. The molecule has 3 aliphatic rings. The van der Waals surface area contributed by atoms with Crippen molar-refractivity contribution >= 4 is 44.8 Å². The highest BCUT2D eigenvalue weighted by Gasteiger charge is 2.39. The standard InChI is InChI=1S/C35H41N5O6S/c1-25-7-11-29(12-8-25)40-24-27(23-33(40)41)35(43)38-17-15-26(16-18-38)34(42)36-28-9-13-30(14-10-28)47(44,45)39-21-19-37(20-22-39)31-5-3-4-6-32(31)46-2/h3-14,26-27H,15-24H2,1-2H3,(H,36,42). The molecule has 1 unspecified atom stereocenters. The van der Waals surface area contributed by atoms with Crippen LogP contribution in [0, 0.1) is 18.8 Å². The van der Waals surface area contributed by atoms with E-state index in [9.17, 15) is 22.8 Å². The molecule has 3 saturated heterocycles. The largest absolute Gasteiger partial charge is 0.495 e. The van der Waals surface area contributed by atoms with Crippen molar-refractivity contribution in [3.63, 3.8) is 0 Å².